The molecule has 0 fully saturated rings. The number of carbonyl (C=O) groups excluding carboxylic acids is 3. The Bertz CT molecular complexity index is 1090. The van der Waals surface area contributed by atoms with Gasteiger partial charge in [0.05, 0.1) is 6.10 Å². The number of rotatable bonds is 14. The van der Waals surface area contributed by atoms with Crippen LogP contribution in [0, 0.1) is 11.3 Å². The minimum absolute atomic E-state index is 0.0320. The molecule has 0 aromatic carbocycles. The van der Waals surface area contributed by atoms with E-state index in [0.717, 1.165) is 17.6 Å². The fraction of sp³-hybridized carbons (Fsp3) is 0.559. The number of aliphatic hydroxyl groups excluding tert-OH is 1. The Hall–Kier alpha value is -3.43. The SMILES string of the molecule is C/C=C\C[C@@H](C/C=C\NC(=O)[C@@H](NC(=O)\C=C/C=C\C(C)=C\[C@H](C)[C@@H]1CC=C(C)[C@H](O)O1)C(C)(C)C)OC(=O)NC(C)C. The van der Waals surface area contributed by atoms with Crippen molar-refractivity contribution in [2.75, 3.05) is 0 Å². The molecule has 1 rings (SSSR count). The Morgan fingerprint density at radius 1 is 1.09 bits per heavy atom. The molecule has 0 unspecified atom stereocenters. The van der Waals surface area contributed by atoms with Gasteiger partial charge >= 0.3 is 6.09 Å². The molecule has 4 N–H and O–H groups in total. The molecule has 1 aliphatic heterocycles. The van der Waals surface area contributed by atoms with Crippen LogP contribution in [0.5, 0.6) is 0 Å². The average Bonchev–Trinajstić information content (AvgIpc) is 2.90. The van der Waals surface area contributed by atoms with E-state index in [1.54, 1.807) is 18.2 Å². The minimum atomic E-state index is -0.855. The van der Waals surface area contributed by atoms with Gasteiger partial charge in [-0.3, -0.25) is 9.59 Å². The second kappa shape index (κ2) is 19.0. The standard InChI is InChI=1S/C34H53N3O6/c1-10-11-16-27(42-33(41)36-23(2)3)17-14-21-35-31(39)30(34(7,8)9)37-29(38)18-13-12-15-24(4)22-26(6)28-20-19-25(5)32(40)43-28/h10-15,18-19,21-23,26-28,30,32,40H,16-17,20H2,1-9H3,(H,35,39)(H,36,41)(H,37,38)/b11-10-,15-12-,18-13-,21-14-,24-22+/t26-,27-,28-,30+,32+/m0/s1. The summed E-state index contributed by atoms with van der Waals surface area (Å²) in [5, 5.41) is 18.2. The van der Waals surface area contributed by atoms with Crippen molar-refractivity contribution in [1.29, 1.82) is 0 Å². The summed E-state index contributed by atoms with van der Waals surface area (Å²) in [6, 6.07) is -0.813. The molecule has 240 valence electrons. The van der Waals surface area contributed by atoms with Gasteiger partial charge in [0.25, 0.3) is 0 Å². The van der Waals surface area contributed by atoms with Crippen molar-refractivity contribution in [3.63, 3.8) is 0 Å². The second-order valence-corrected chi connectivity index (χ2v) is 12.3. The number of aliphatic hydroxyl groups is 1. The zero-order chi connectivity index (χ0) is 32.6. The lowest BCUT2D eigenvalue weighted by Crippen LogP contribution is -2.52. The summed E-state index contributed by atoms with van der Waals surface area (Å²) in [7, 11) is 0. The summed E-state index contributed by atoms with van der Waals surface area (Å²) < 4.78 is 11.2. The first-order chi connectivity index (χ1) is 20.1. The van der Waals surface area contributed by atoms with E-state index < -0.39 is 23.8 Å². The zero-order valence-electron chi connectivity index (χ0n) is 27.3. The van der Waals surface area contributed by atoms with Gasteiger partial charge in [0.2, 0.25) is 11.8 Å². The predicted octanol–water partition coefficient (Wildman–Crippen LogP) is 5.76. The van der Waals surface area contributed by atoms with Gasteiger partial charge in [0.15, 0.2) is 6.29 Å². The van der Waals surface area contributed by atoms with Gasteiger partial charge in [-0.2, -0.15) is 0 Å². The molecule has 0 spiro atoms. The largest absolute Gasteiger partial charge is 0.446 e. The molecule has 5 atom stereocenters. The molecule has 43 heavy (non-hydrogen) atoms. The van der Waals surface area contributed by atoms with Gasteiger partial charge in [-0.05, 0) is 58.2 Å². The van der Waals surface area contributed by atoms with E-state index in [-0.39, 0.29) is 36.0 Å². The van der Waals surface area contributed by atoms with Gasteiger partial charge in [-0.1, -0.05) is 81.9 Å². The fourth-order valence-corrected chi connectivity index (χ4v) is 4.21. The Balaban J connectivity index is 2.70. The van der Waals surface area contributed by atoms with Crippen LogP contribution in [0.4, 0.5) is 4.79 Å². The molecule has 0 bridgehead atoms. The van der Waals surface area contributed by atoms with Crippen LogP contribution in [-0.4, -0.2) is 53.6 Å². The van der Waals surface area contributed by atoms with Crippen LogP contribution in [0.2, 0.25) is 0 Å². The summed E-state index contributed by atoms with van der Waals surface area (Å²) in [5.74, 6) is -0.634. The van der Waals surface area contributed by atoms with Gasteiger partial charge in [-0.25, -0.2) is 4.79 Å². The number of hydrogen-bond donors (Lipinski definition) is 4. The minimum Gasteiger partial charge on any atom is -0.446 e. The Labute approximate surface area is 258 Å². The van der Waals surface area contributed by atoms with Gasteiger partial charge in [-0.15, -0.1) is 0 Å². The van der Waals surface area contributed by atoms with Crippen LogP contribution in [0.25, 0.3) is 0 Å². The molecule has 0 aliphatic carbocycles. The number of alkyl carbamates (subject to hydrolysis) is 1. The lowest BCUT2D eigenvalue weighted by atomic mass is 9.86. The van der Waals surface area contributed by atoms with E-state index in [2.05, 4.69) is 22.0 Å². The monoisotopic (exact) mass is 599 g/mol. The summed E-state index contributed by atoms with van der Waals surface area (Å²) in [6.07, 6.45) is 17.7. The van der Waals surface area contributed by atoms with Gasteiger partial charge in [0, 0.05) is 30.9 Å². The van der Waals surface area contributed by atoms with Crippen LogP contribution in [0.1, 0.15) is 81.6 Å². The lowest BCUT2D eigenvalue weighted by Gasteiger charge is -2.29. The van der Waals surface area contributed by atoms with E-state index >= 15 is 0 Å². The van der Waals surface area contributed by atoms with E-state index in [0.29, 0.717) is 12.8 Å². The summed E-state index contributed by atoms with van der Waals surface area (Å²) in [5.41, 5.74) is 1.29. The molecule has 0 aromatic rings. The number of carbonyl (C=O) groups is 3. The first-order valence-corrected chi connectivity index (χ1v) is 15.0. The number of amides is 3. The maximum Gasteiger partial charge on any atom is 0.407 e. The Morgan fingerprint density at radius 2 is 1.74 bits per heavy atom. The van der Waals surface area contributed by atoms with E-state index in [1.165, 1.54) is 12.3 Å². The smallest absolute Gasteiger partial charge is 0.407 e. The Kier molecular flexibility index (Phi) is 16.6. The number of allylic oxidation sites excluding steroid dienone is 5. The molecular weight excluding hydrogens is 546 g/mol. The molecule has 1 aliphatic rings. The maximum absolute atomic E-state index is 13.0. The lowest BCUT2D eigenvalue weighted by molar-refractivity contribution is -0.129. The average molecular weight is 600 g/mol. The topological polar surface area (TPSA) is 126 Å². The first-order valence-electron chi connectivity index (χ1n) is 15.0. The normalized spacial score (nSPS) is 20.4. The van der Waals surface area contributed by atoms with Crippen LogP contribution >= 0.6 is 0 Å². The maximum atomic E-state index is 13.0. The van der Waals surface area contributed by atoms with Crippen molar-refractivity contribution >= 4 is 17.9 Å². The number of nitrogens with one attached hydrogen (secondary N) is 3. The molecule has 3 amide bonds. The quantitative estimate of drug-likeness (QED) is 0.114. The highest BCUT2D eigenvalue weighted by molar-refractivity contribution is 5.93. The van der Waals surface area contributed by atoms with Gasteiger partial charge < -0.3 is 30.5 Å². The number of hydrogen-bond acceptors (Lipinski definition) is 6. The first kappa shape index (κ1) is 37.6. The molecule has 0 saturated carbocycles. The number of ether oxygens (including phenoxy) is 2. The van der Waals surface area contributed by atoms with Crippen molar-refractivity contribution in [2.24, 2.45) is 11.3 Å². The van der Waals surface area contributed by atoms with E-state index in [4.69, 9.17) is 9.47 Å². The van der Waals surface area contributed by atoms with E-state index in [1.807, 2.05) is 86.6 Å². The van der Waals surface area contributed by atoms with Crippen molar-refractivity contribution < 1.29 is 29.0 Å². The third-order valence-electron chi connectivity index (χ3n) is 6.67. The van der Waals surface area contributed by atoms with Crippen LogP contribution in [0.15, 0.2) is 72.0 Å². The third-order valence-corrected chi connectivity index (χ3v) is 6.67. The third kappa shape index (κ3) is 15.6. The van der Waals surface area contributed by atoms with Crippen LogP contribution < -0.4 is 16.0 Å². The van der Waals surface area contributed by atoms with Crippen molar-refractivity contribution in [1.82, 2.24) is 16.0 Å². The molecular formula is C34H53N3O6. The Morgan fingerprint density at radius 3 is 2.35 bits per heavy atom. The highest BCUT2D eigenvalue weighted by Crippen LogP contribution is 2.24. The van der Waals surface area contributed by atoms with E-state index in [9.17, 15) is 19.5 Å². The summed E-state index contributed by atoms with van der Waals surface area (Å²) in [6.45, 7) is 17.1. The molecule has 9 nitrogen and oxygen atoms in total. The zero-order valence-corrected chi connectivity index (χ0v) is 27.3. The van der Waals surface area contributed by atoms with Crippen molar-refractivity contribution in [2.45, 2.75) is 112 Å². The second-order valence-electron chi connectivity index (χ2n) is 12.3. The van der Waals surface area contributed by atoms with Gasteiger partial charge in [0.1, 0.15) is 12.1 Å². The molecule has 0 aromatic heterocycles. The van der Waals surface area contributed by atoms with Crippen LogP contribution in [-0.2, 0) is 19.1 Å². The molecule has 9 heteroatoms. The summed E-state index contributed by atoms with van der Waals surface area (Å²) >= 11 is 0. The molecule has 1 heterocycles. The van der Waals surface area contributed by atoms with Crippen LogP contribution in [0.3, 0.4) is 0 Å². The highest BCUT2D eigenvalue weighted by atomic mass is 16.6. The fourth-order valence-electron chi connectivity index (χ4n) is 4.21. The van der Waals surface area contributed by atoms with Crippen molar-refractivity contribution in [3.8, 4) is 0 Å². The highest BCUT2D eigenvalue weighted by Gasteiger charge is 2.32. The molecule has 0 radical (unpaired) electrons. The summed E-state index contributed by atoms with van der Waals surface area (Å²) in [4.78, 5) is 37.6. The van der Waals surface area contributed by atoms with Crippen molar-refractivity contribution in [3.05, 3.63) is 72.0 Å². The predicted molar refractivity (Wildman–Crippen MR) is 172 cm³/mol. The molecule has 0 saturated heterocycles.